The van der Waals surface area contributed by atoms with Gasteiger partial charge in [0.1, 0.15) is 0 Å². The molecule has 0 spiro atoms. The smallest absolute Gasteiger partial charge is 0.0521 e. The normalized spacial score (nSPS) is 21.2. The summed E-state index contributed by atoms with van der Waals surface area (Å²) >= 11 is 5.98. The Kier molecular flexibility index (Phi) is 2.89. The number of nitrogens with one attached hydrogen (secondary N) is 1. The highest BCUT2D eigenvalue weighted by Gasteiger charge is 2.52. The molecule has 2 rings (SSSR count). The van der Waals surface area contributed by atoms with E-state index in [0.717, 1.165) is 10.7 Å². The van der Waals surface area contributed by atoms with Crippen molar-refractivity contribution in [2.24, 2.45) is 11.1 Å². The lowest BCUT2D eigenvalue weighted by molar-refractivity contribution is 0.333. The van der Waals surface area contributed by atoms with Crippen molar-refractivity contribution in [2.45, 2.75) is 32.2 Å². The maximum absolute atomic E-state index is 5.98. The second kappa shape index (κ2) is 3.94. The highest BCUT2D eigenvalue weighted by atomic mass is 35.5. The van der Waals surface area contributed by atoms with Gasteiger partial charge in [0.25, 0.3) is 0 Å². The molecule has 3 heteroatoms. The maximum Gasteiger partial charge on any atom is 0.0521 e. The van der Waals surface area contributed by atoms with Gasteiger partial charge in [-0.3, -0.25) is 0 Å². The summed E-state index contributed by atoms with van der Waals surface area (Å²) in [5.41, 5.74) is 7.25. The van der Waals surface area contributed by atoms with E-state index in [4.69, 9.17) is 17.3 Å². The van der Waals surface area contributed by atoms with Crippen molar-refractivity contribution in [3.8, 4) is 0 Å². The Morgan fingerprint density at radius 1 is 1.50 bits per heavy atom. The van der Waals surface area contributed by atoms with Gasteiger partial charge in [-0.2, -0.15) is 0 Å². The number of benzene rings is 1. The fourth-order valence-corrected chi connectivity index (χ4v) is 2.26. The van der Waals surface area contributed by atoms with Gasteiger partial charge in [-0.15, -0.1) is 0 Å². The van der Waals surface area contributed by atoms with E-state index in [-0.39, 0.29) is 5.54 Å². The van der Waals surface area contributed by atoms with Gasteiger partial charge in [-0.05, 0) is 43.4 Å². The Balaban J connectivity index is 2.19. The van der Waals surface area contributed by atoms with Crippen LogP contribution in [0.4, 0.5) is 5.69 Å². The Hall–Kier alpha value is -0.730. The van der Waals surface area contributed by atoms with Crippen molar-refractivity contribution in [3.05, 3.63) is 29.3 Å². The van der Waals surface area contributed by atoms with Crippen LogP contribution >= 0.6 is 11.6 Å². The molecule has 0 aromatic heterocycles. The number of nitrogens with two attached hydrogens (primary N) is 1. The fraction of sp³-hybridized carbons (Fsp3) is 0.538. The van der Waals surface area contributed by atoms with Crippen LogP contribution in [0.1, 0.15) is 26.7 Å². The van der Waals surface area contributed by atoms with E-state index in [1.165, 1.54) is 12.8 Å². The molecule has 1 aromatic carbocycles. The molecule has 1 saturated carbocycles. The van der Waals surface area contributed by atoms with Crippen molar-refractivity contribution in [2.75, 3.05) is 11.9 Å². The van der Waals surface area contributed by atoms with Crippen molar-refractivity contribution < 1.29 is 0 Å². The standard InChI is InChI=1S/C13H19ClN2/c1-12(6-7-12)13(2,9-15)16-11-5-3-4-10(14)8-11/h3-5,8,16H,6-7,9,15H2,1-2H3. The quantitative estimate of drug-likeness (QED) is 0.845. The lowest BCUT2D eigenvalue weighted by atomic mass is 9.83. The average molecular weight is 239 g/mol. The van der Waals surface area contributed by atoms with Gasteiger partial charge in [-0.1, -0.05) is 24.6 Å². The zero-order valence-corrected chi connectivity index (χ0v) is 10.6. The number of hydrogen-bond acceptors (Lipinski definition) is 2. The summed E-state index contributed by atoms with van der Waals surface area (Å²) in [4.78, 5) is 0. The third-order valence-corrected chi connectivity index (χ3v) is 4.22. The summed E-state index contributed by atoms with van der Waals surface area (Å²) in [6.07, 6.45) is 2.49. The Morgan fingerprint density at radius 3 is 2.69 bits per heavy atom. The molecule has 2 nitrogen and oxygen atoms in total. The summed E-state index contributed by atoms with van der Waals surface area (Å²) in [5.74, 6) is 0. The first-order chi connectivity index (χ1) is 7.49. The lowest BCUT2D eigenvalue weighted by Gasteiger charge is -2.37. The second-order valence-electron chi connectivity index (χ2n) is 5.23. The van der Waals surface area contributed by atoms with E-state index in [2.05, 4.69) is 19.2 Å². The predicted molar refractivity (Wildman–Crippen MR) is 69.9 cm³/mol. The van der Waals surface area contributed by atoms with Crippen LogP contribution in [0.5, 0.6) is 0 Å². The van der Waals surface area contributed by atoms with Crippen molar-refractivity contribution in [3.63, 3.8) is 0 Å². The summed E-state index contributed by atoms with van der Waals surface area (Å²) in [6, 6.07) is 7.81. The van der Waals surface area contributed by atoms with Crippen LogP contribution in [-0.2, 0) is 0 Å². The molecule has 1 aliphatic carbocycles. The predicted octanol–water partition coefficient (Wildman–Crippen LogP) is 3.27. The van der Waals surface area contributed by atoms with Crippen LogP contribution in [0.25, 0.3) is 0 Å². The van der Waals surface area contributed by atoms with Crippen LogP contribution in [0.15, 0.2) is 24.3 Å². The van der Waals surface area contributed by atoms with Crippen molar-refractivity contribution in [1.82, 2.24) is 0 Å². The van der Waals surface area contributed by atoms with E-state index < -0.39 is 0 Å². The molecule has 0 radical (unpaired) electrons. The summed E-state index contributed by atoms with van der Waals surface area (Å²) in [5, 5.41) is 4.29. The summed E-state index contributed by atoms with van der Waals surface area (Å²) < 4.78 is 0. The number of rotatable bonds is 4. The third kappa shape index (κ3) is 2.04. The zero-order chi connectivity index (χ0) is 11.8. The molecule has 0 saturated heterocycles. The molecular weight excluding hydrogens is 220 g/mol. The van der Waals surface area contributed by atoms with Crippen molar-refractivity contribution in [1.29, 1.82) is 0 Å². The van der Waals surface area contributed by atoms with Gasteiger partial charge < -0.3 is 11.1 Å². The van der Waals surface area contributed by atoms with Crippen LogP contribution in [0.3, 0.4) is 0 Å². The minimum Gasteiger partial charge on any atom is -0.378 e. The van der Waals surface area contributed by atoms with E-state index in [9.17, 15) is 0 Å². The lowest BCUT2D eigenvalue weighted by Crippen LogP contribution is -2.49. The molecule has 1 unspecified atom stereocenters. The molecule has 0 bridgehead atoms. The molecule has 0 heterocycles. The first-order valence-corrected chi connectivity index (χ1v) is 6.11. The topological polar surface area (TPSA) is 38.0 Å². The number of hydrogen-bond donors (Lipinski definition) is 2. The average Bonchev–Trinajstić information content (AvgIpc) is 2.98. The Morgan fingerprint density at radius 2 is 2.19 bits per heavy atom. The summed E-state index contributed by atoms with van der Waals surface area (Å²) in [6.45, 7) is 5.12. The molecule has 1 aromatic rings. The molecule has 1 atom stereocenters. The molecule has 0 aliphatic heterocycles. The van der Waals surface area contributed by atoms with E-state index in [1.807, 2.05) is 24.3 Å². The van der Waals surface area contributed by atoms with Gasteiger partial charge in [0.2, 0.25) is 0 Å². The van der Waals surface area contributed by atoms with Gasteiger partial charge >= 0.3 is 0 Å². The zero-order valence-electron chi connectivity index (χ0n) is 9.89. The molecule has 16 heavy (non-hydrogen) atoms. The van der Waals surface area contributed by atoms with E-state index in [1.54, 1.807) is 0 Å². The highest BCUT2D eigenvalue weighted by Crippen LogP contribution is 2.54. The highest BCUT2D eigenvalue weighted by molar-refractivity contribution is 6.30. The summed E-state index contributed by atoms with van der Waals surface area (Å²) in [7, 11) is 0. The first kappa shape index (κ1) is 11.7. The number of anilines is 1. The maximum atomic E-state index is 5.98. The molecular formula is C13H19ClN2. The van der Waals surface area contributed by atoms with Crippen LogP contribution in [-0.4, -0.2) is 12.1 Å². The van der Waals surface area contributed by atoms with E-state index in [0.29, 0.717) is 12.0 Å². The fourth-order valence-electron chi connectivity index (χ4n) is 2.07. The van der Waals surface area contributed by atoms with Gasteiger partial charge in [-0.25, -0.2) is 0 Å². The molecule has 88 valence electrons. The second-order valence-corrected chi connectivity index (χ2v) is 5.67. The van der Waals surface area contributed by atoms with E-state index >= 15 is 0 Å². The third-order valence-electron chi connectivity index (χ3n) is 3.99. The van der Waals surface area contributed by atoms with Gasteiger partial charge in [0, 0.05) is 17.3 Å². The molecule has 3 N–H and O–H groups in total. The van der Waals surface area contributed by atoms with Crippen LogP contribution < -0.4 is 11.1 Å². The van der Waals surface area contributed by atoms with Crippen LogP contribution in [0, 0.1) is 5.41 Å². The molecule has 0 amide bonds. The van der Waals surface area contributed by atoms with Crippen LogP contribution in [0.2, 0.25) is 5.02 Å². The largest absolute Gasteiger partial charge is 0.378 e. The number of halogens is 1. The Labute approximate surface area is 102 Å². The monoisotopic (exact) mass is 238 g/mol. The molecule has 1 fully saturated rings. The minimum absolute atomic E-state index is 0.0440. The molecule has 1 aliphatic rings. The minimum atomic E-state index is -0.0440. The Bertz CT molecular complexity index is 387. The van der Waals surface area contributed by atoms with Crippen molar-refractivity contribution >= 4 is 17.3 Å². The van der Waals surface area contributed by atoms with Gasteiger partial charge in [0.05, 0.1) is 5.54 Å². The SMILES string of the molecule is CC1(C(C)(CN)Nc2cccc(Cl)c2)CC1. The van der Waals surface area contributed by atoms with Gasteiger partial charge in [0.15, 0.2) is 0 Å². The first-order valence-electron chi connectivity index (χ1n) is 5.73.